The van der Waals surface area contributed by atoms with Gasteiger partial charge in [-0.05, 0) is 54.9 Å². The van der Waals surface area contributed by atoms with Crippen molar-refractivity contribution in [2.24, 2.45) is 0 Å². The van der Waals surface area contributed by atoms with E-state index in [1.807, 2.05) is 25.2 Å². The first-order chi connectivity index (χ1) is 6.46. The number of rotatable bonds is 3. The Kier molecular flexibility index (Phi) is 3.56. The third-order valence-corrected chi connectivity index (χ3v) is 3.02. The Hall–Kier alpha value is -0.540. The highest BCUT2D eigenvalue weighted by Crippen LogP contribution is 2.29. The van der Waals surface area contributed by atoms with Crippen LogP contribution in [0.3, 0.4) is 0 Å². The summed E-state index contributed by atoms with van der Waals surface area (Å²) in [6.45, 7) is 4.21. The number of benzene rings is 1. The van der Waals surface area contributed by atoms with E-state index in [0.29, 0.717) is 5.75 Å². The fourth-order valence-electron chi connectivity index (χ4n) is 1.27. The number of likely N-dealkylation sites (N-methyl/N-ethyl adjacent to an activating group) is 1. The average molecular weight is 258 g/mol. The van der Waals surface area contributed by atoms with Crippen LogP contribution in [0, 0.1) is 0 Å². The number of halogens is 1. The zero-order valence-corrected chi connectivity index (χ0v) is 10.4. The van der Waals surface area contributed by atoms with Gasteiger partial charge < -0.3 is 10.4 Å². The minimum Gasteiger partial charge on any atom is -0.506 e. The van der Waals surface area contributed by atoms with Crippen molar-refractivity contribution in [1.29, 1.82) is 0 Å². The zero-order valence-electron chi connectivity index (χ0n) is 8.76. The summed E-state index contributed by atoms with van der Waals surface area (Å²) in [5.41, 5.74) is 0.955. The van der Waals surface area contributed by atoms with Crippen molar-refractivity contribution in [3.05, 3.63) is 28.2 Å². The van der Waals surface area contributed by atoms with Gasteiger partial charge in [0.25, 0.3) is 0 Å². The largest absolute Gasteiger partial charge is 0.506 e. The molecule has 0 unspecified atom stereocenters. The predicted octanol–water partition coefficient (Wildman–Crippen LogP) is 2.70. The predicted molar refractivity (Wildman–Crippen MR) is 62.6 cm³/mol. The van der Waals surface area contributed by atoms with Crippen LogP contribution in [0.15, 0.2) is 22.7 Å². The van der Waals surface area contributed by atoms with Crippen molar-refractivity contribution < 1.29 is 5.11 Å². The Morgan fingerprint density at radius 3 is 2.64 bits per heavy atom. The van der Waals surface area contributed by atoms with Crippen LogP contribution in [-0.2, 0) is 6.42 Å². The lowest BCUT2D eigenvalue weighted by Crippen LogP contribution is -2.38. The summed E-state index contributed by atoms with van der Waals surface area (Å²) in [6, 6.07) is 5.72. The van der Waals surface area contributed by atoms with E-state index in [1.54, 1.807) is 0 Å². The van der Waals surface area contributed by atoms with E-state index in [2.05, 4.69) is 35.1 Å². The molecular weight excluding hydrogens is 242 g/mol. The normalized spacial score (nSPS) is 11.7. The van der Waals surface area contributed by atoms with Crippen LogP contribution in [-0.4, -0.2) is 17.7 Å². The third-order valence-electron chi connectivity index (χ3n) is 2.38. The molecule has 0 fully saturated rings. The van der Waals surface area contributed by atoms with E-state index in [-0.39, 0.29) is 5.54 Å². The van der Waals surface area contributed by atoms with Gasteiger partial charge in [0.15, 0.2) is 0 Å². The number of nitrogens with one attached hydrogen (secondary N) is 1. The molecule has 0 heterocycles. The first kappa shape index (κ1) is 11.5. The first-order valence-electron chi connectivity index (χ1n) is 4.61. The highest BCUT2D eigenvalue weighted by Gasteiger charge is 2.17. The monoisotopic (exact) mass is 257 g/mol. The van der Waals surface area contributed by atoms with Crippen LogP contribution in [0.1, 0.15) is 19.4 Å². The zero-order chi connectivity index (χ0) is 10.8. The highest BCUT2D eigenvalue weighted by molar-refractivity contribution is 9.10. The van der Waals surface area contributed by atoms with Crippen LogP contribution in [0.25, 0.3) is 0 Å². The number of aromatic hydroxyl groups is 1. The molecule has 78 valence electrons. The molecule has 2 nitrogen and oxygen atoms in total. The first-order valence-corrected chi connectivity index (χ1v) is 5.41. The second kappa shape index (κ2) is 4.32. The topological polar surface area (TPSA) is 32.3 Å². The minimum atomic E-state index is -0.00171. The van der Waals surface area contributed by atoms with Gasteiger partial charge in [0.05, 0.1) is 4.47 Å². The standard InChI is InChI=1S/C11H16BrNO/c1-11(2,13-3)7-8-5-4-6-9(12)10(8)14/h4-6,13-14H,7H2,1-3H3. The number of hydrogen-bond donors (Lipinski definition) is 2. The minimum absolute atomic E-state index is 0.00171. The molecule has 0 aromatic heterocycles. The average Bonchev–Trinajstić information content (AvgIpc) is 2.13. The maximum atomic E-state index is 9.78. The third kappa shape index (κ3) is 2.72. The lowest BCUT2D eigenvalue weighted by atomic mass is 9.95. The van der Waals surface area contributed by atoms with E-state index in [4.69, 9.17) is 0 Å². The van der Waals surface area contributed by atoms with Gasteiger partial charge in [0.1, 0.15) is 5.75 Å². The molecule has 1 aromatic carbocycles. The molecule has 1 aromatic rings. The van der Waals surface area contributed by atoms with Crippen LogP contribution < -0.4 is 5.32 Å². The molecule has 0 aliphatic carbocycles. The maximum Gasteiger partial charge on any atom is 0.133 e. The van der Waals surface area contributed by atoms with Crippen LogP contribution in [0.2, 0.25) is 0 Å². The summed E-state index contributed by atoms with van der Waals surface area (Å²) in [7, 11) is 1.93. The van der Waals surface area contributed by atoms with Crippen molar-refractivity contribution >= 4 is 15.9 Å². The van der Waals surface area contributed by atoms with E-state index >= 15 is 0 Å². The molecule has 0 saturated heterocycles. The number of phenols is 1. The van der Waals surface area contributed by atoms with Gasteiger partial charge in [-0.3, -0.25) is 0 Å². The Morgan fingerprint density at radius 1 is 1.43 bits per heavy atom. The number of hydrogen-bond acceptors (Lipinski definition) is 2. The Morgan fingerprint density at radius 2 is 2.07 bits per heavy atom. The molecule has 0 bridgehead atoms. The Labute approximate surface area is 93.5 Å². The van der Waals surface area contributed by atoms with Gasteiger partial charge in [-0.15, -0.1) is 0 Å². The van der Waals surface area contributed by atoms with Crippen molar-refractivity contribution in [3.63, 3.8) is 0 Å². The summed E-state index contributed by atoms with van der Waals surface area (Å²) < 4.78 is 0.752. The molecule has 3 heteroatoms. The molecule has 0 amide bonds. The van der Waals surface area contributed by atoms with Gasteiger partial charge >= 0.3 is 0 Å². The number of phenolic OH excluding ortho intramolecular Hbond substituents is 1. The van der Waals surface area contributed by atoms with E-state index in [1.165, 1.54) is 0 Å². The maximum absolute atomic E-state index is 9.78. The summed E-state index contributed by atoms with van der Waals surface area (Å²) in [4.78, 5) is 0. The molecule has 0 radical (unpaired) electrons. The summed E-state index contributed by atoms with van der Waals surface area (Å²) in [5.74, 6) is 0.343. The lowest BCUT2D eigenvalue weighted by molar-refractivity contribution is 0.404. The quantitative estimate of drug-likeness (QED) is 0.873. The van der Waals surface area contributed by atoms with Crippen molar-refractivity contribution in [3.8, 4) is 5.75 Å². The molecule has 2 N–H and O–H groups in total. The fourth-order valence-corrected chi connectivity index (χ4v) is 1.67. The van der Waals surface area contributed by atoms with Crippen LogP contribution in [0.5, 0.6) is 5.75 Å². The second-order valence-corrected chi connectivity index (χ2v) is 4.91. The smallest absolute Gasteiger partial charge is 0.133 e. The molecule has 0 aliphatic rings. The van der Waals surface area contributed by atoms with Gasteiger partial charge in [-0.2, -0.15) is 0 Å². The number of para-hydroxylation sites is 1. The Bertz CT molecular complexity index is 323. The molecule has 0 atom stereocenters. The lowest BCUT2D eigenvalue weighted by Gasteiger charge is -2.24. The molecule has 0 saturated carbocycles. The molecular formula is C11H16BrNO. The summed E-state index contributed by atoms with van der Waals surface area (Å²) in [5, 5.41) is 13.0. The van der Waals surface area contributed by atoms with E-state index < -0.39 is 0 Å². The summed E-state index contributed by atoms with van der Waals surface area (Å²) in [6.07, 6.45) is 0.800. The van der Waals surface area contributed by atoms with Crippen molar-refractivity contribution in [1.82, 2.24) is 5.32 Å². The second-order valence-electron chi connectivity index (χ2n) is 4.06. The highest BCUT2D eigenvalue weighted by atomic mass is 79.9. The fraction of sp³-hybridized carbons (Fsp3) is 0.455. The molecule has 0 aliphatic heterocycles. The van der Waals surface area contributed by atoms with Crippen LogP contribution >= 0.6 is 15.9 Å². The van der Waals surface area contributed by atoms with Gasteiger partial charge in [0, 0.05) is 5.54 Å². The molecule has 1 rings (SSSR count). The van der Waals surface area contributed by atoms with Gasteiger partial charge in [0.2, 0.25) is 0 Å². The van der Waals surface area contributed by atoms with Crippen LogP contribution in [0.4, 0.5) is 0 Å². The summed E-state index contributed by atoms with van der Waals surface area (Å²) >= 11 is 3.31. The van der Waals surface area contributed by atoms with Crippen molar-refractivity contribution in [2.45, 2.75) is 25.8 Å². The van der Waals surface area contributed by atoms with E-state index in [0.717, 1.165) is 16.5 Å². The van der Waals surface area contributed by atoms with E-state index in [9.17, 15) is 5.11 Å². The van der Waals surface area contributed by atoms with Gasteiger partial charge in [-0.1, -0.05) is 12.1 Å². The molecule has 0 spiro atoms. The SMILES string of the molecule is CNC(C)(C)Cc1cccc(Br)c1O. The van der Waals surface area contributed by atoms with Gasteiger partial charge in [-0.25, -0.2) is 0 Å². The van der Waals surface area contributed by atoms with Crippen molar-refractivity contribution in [2.75, 3.05) is 7.05 Å². The Balaban J connectivity index is 2.92. The molecule has 14 heavy (non-hydrogen) atoms.